The highest BCUT2D eigenvalue weighted by Gasteiger charge is 2.11. The fourth-order valence-corrected chi connectivity index (χ4v) is 1.83. The molecule has 2 rings (SSSR count). The summed E-state index contributed by atoms with van der Waals surface area (Å²) < 4.78 is 4.84. The molecule has 0 saturated carbocycles. The summed E-state index contributed by atoms with van der Waals surface area (Å²) in [6, 6.07) is 10.6. The average Bonchev–Trinajstić information content (AvgIpc) is 2.59. The maximum atomic E-state index is 11.9. The lowest BCUT2D eigenvalue weighted by atomic mass is 10.2. The van der Waals surface area contributed by atoms with E-state index in [0.29, 0.717) is 5.75 Å². The monoisotopic (exact) mass is 343 g/mol. The summed E-state index contributed by atoms with van der Waals surface area (Å²) in [5.41, 5.74) is 4.65. The number of benzene rings is 2. The van der Waals surface area contributed by atoms with E-state index in [2.05, 4.69) is 10.9 Å². The Bertz CT molecular complexity index is 815. The minimum atomic E-state index is -0.625. The highest BCUT2D eigenvalue weighted by molar-refractivity contribution is 5.99. The van der Waals surface area contributed by atoms with Gasteiger partial charge in [0.15, 0.2) is 0 Å². The van der Waals surface area contributed by atoms with Gasteiger partial charge in [0.05, 0.1) is 4.92 Å². The van der Waals surface area contributed by atoms with Crippen LogP contribution in [0.1, 0.15) is 27.6 Å². The van der Waals surface area contributed by atoms with Gasteiger partial charge in [-0.05, 0) is 36.4 Å². The van der Waals surface area contributed by atoms with Crippen molar-refractivity contribution < 1.29 is 24.0 Å². The van der Waals surface area contributed by atoms with Crippen LogP contribution in [0.25, 0.3) is 0 Å². The molecule has 0 spiro atoms. The maximum absolute atomic E-state index is 11.9. The van der Waals surface area contributed by atoms with Gasteiger partial charge in [-0.15, -0.1) is 0 Å². The van der Waals surface area contributed by atoms with E-state index in [9.17, 15) is 24.5 Å². The van der Waals surface area contributed by atoms with E-state index in [4.69, 9.17) is 4.74 Å². The van der Waals surface area contributed by atoms with Crippen LogP contribution in [-0.2, 0) is 4.79 Å². The Kier molecular flexibility index (Phi) is 5.41. The van der Waals surface area contributed by atoms with Gasteiger partial charge < -0.3 is 4.74 Å². The standard InChI is InChI=1S/C16H13N3O6/c1-10(20)25-14-8-4-12(5-9-14)16(22)18-17-15(21)11-2-6-13(7-3-11)19(23)24/h2-9H,1H3,(H,17,21)(H,18,22). The van der Waals surface area contributed by atoms with E-state index in [1.54, 1.807) is 0 Å². The first kappa shape index (κ1) is 17.6. The van der Waals surface area contributed by atoms with Crippen LogP contribution >= 0.6 is 0 Å². The SMILES string of the molecule is CC(=O)Oc1ccc(C(=O)NNC(=O)c2ccc([N+](=O)[O-])cc2)cc1. The van der Waals surface area contributed by atoms with Gasteiger partial charge in [0.25, 0.3) is 17.5 Å². The van der Waals surface area contributed by atoms with Gasteiger partial charge in [-0.1, -0.05) is 0 Å². The molecule has 0 aliphatic rings. The van der Waals surface area contributed by atoms with Crippen molar-refractivity contribution >= 4 is 23.5 Å². The zero-order chi connectivity index (χ0) is 18.4. The molecule has 2 N–H and O–H groups in total. The van der Waals surface area contributed by atoms with Crippen LogP contribution in [0.3, 0.4) is 0 Å². The summed E-state index contributed by atoms with van der Waals surface area (Å²) in [6.45, 7) is 1.26. The van der Waals surface area contributed by atoms with Gasteiger partial charge in [0.1, 0.15) is 5.75 Å². The molecular formula is C16H13N3O6. The predicted octanol–water partition coefficient (Wildman–Crippen LogP) is 1.59. The van der Waals surface area contributed by atoms with Gasteiger partial charge in [-0.25, -0.2) is 0 Å². The number of nitro groups is 1. The second-order valence-electron chi connectivity index (χ2n) is 4.83. The first-order valence-electron chi connectivity index (χ1n) is 7.00. The third kappa shape index (κ3) is 4.86. The van der Waals surface area contributed by atoms with Gasteiger partial charge >= 0.3 is 5.97 Å². The van der Waals surface area contributed by atoms with E-state index in [-0.39, 0.29) is 16.8 Å². The number of nitrogens with one attached hydrogen (secondary N) is 2. The van der Waals surface area contributed by atoms with E-state index in [0.717, 1.165) is 0 Å². The summed E-state index contributed by atoms with van der Waals surface area (Å²) in [6.07, 6.45) is 0. The van der Waals surface area contributed by atoms with Crippen molar-refractivity contribution in [3.8, 4) is 5.75 Å². The Morgan fingerprint density at radius 3 is 1.72 bits per heavy atom. The molecule has 0 radical (unpaired) electrons. The van der Waals surface area contributed by atoms with Crippen molar-refractivity contribution in [2.75, 3.05) is 0 Å². The fraction of sp³-hybridized carbons (Fsp3) is 0.0625. The van der Waals surface area contributed by atoms with Crippen molar-refractivity contribution in [3.05, 3.63) is 69.8 Å². The number of hydrogen-bond donors (Lipinski definition) is 2. The Hall–Kier alpha value is -3.75. The number of hydrazine groups is 1. The molecular weight excluding hydrogens is 330 g/mol. The van der Waals surface area contributed by atoms with Crippen molar-refractivity contribution in [2.24, 2.45) is 0 Å². The lowest BCUT2D eigenvalue weighted by molar-refractivity contribution is -0.384. The van der Waals surface area contributed by atoms with Crippen molar-refractivity contribution in [1.82, 2.24) is 10.9 Å². The lowest BCUT2D eigenvalue weighted by Crippen LogP contribution is -2.41. The number of nitro benzene ring substituents is 1. The molecule has 0 saturated heterocycles. The van der Waals surface area contributed by atoms with E-state index < -0.39 is 22.7 Å². The fourth-order valence-electron chi connectivity index (χ4n) is 1.83. The minimum absolute atomic E-state index is 0.145. The van der Waals surface area contributed by atoms with Gasteiger partial charge in [0.2, 0.25) is 0 Å². The highest BCUT2D eigenvalue weighted by atomic mass is 16.6. The van der Waals surface area contributed by atoms with Gasteiger partial charge in [0, 0.05) is 30.2 Å². The number of amides is 2. The molecule has 0 bridgehead atoms. The molecule has 25 heavy (non-hydrogen) atoms. The van der Waals surface area contributed by atoms with Gasteiger partial charge in [-0.2, -0.15) is 0 Å². The molecule has 0 fully saturated rings. The Morgan fingerprint density at radius 1 is 0.880 bits per heavy atom. The molecule has 0 heterocycles. The molecule has 2 aromatic rings. The summed E-state index contributed by atoms with van der Waals surface area (Å²) in [4.78, 5) is 44.6. The van der Waals surface area contributed by atoms with Crippen LogP contribution in [0.15, 0.2) is 48.5 Å². The van der Waals surface area contributed by atoms with E-state index in [1.165, 1.54) is 55.5 Å². The average molecular weight is 343 g/mol. The molecule has 2 aromatic carbocycles. The van der Waals surface area contributed by atoms with Crippen molar-refractivity contribution in [2.45, 2.75) is 6.92 Å². The third-order valence-corrected chi connectivity index (χ3v) is 3.01. The number of ether oxygens (including phenoxy) is 1. The molecule has 0 aliphatic heterocycles. The summed E-state index contributed by atoms with van der Waals surface area (Å²) in [7, 11) is 0. The first-order chi connectivity index (χ1) is 11.9. The summed E-state index contributed by atoms with van der Waals surface area (Å²) >= 11 is 0. The Balaban J connectivity index is 1.93. The Labute approximate surface area is 141 Å². The maximum Gasteiger partial charge on any atom is 0.308 e. The third-order valence-electron chi connectivity index (χ3n) is 3.01. The summed E-state index contributed by atoms with van der Waals surface area (Å²) in [5, 5.41) is 10.6. The zero-order valence-electron chi connectivity index (χ0n) is 13.0. The van der Waals surface area contributed by atoms with Crippen molar-refractivity contribution in [1.29, 1.82) is 0 Å². The molecule has 9 heteroatoms. The van der Waals surface area contributed by atoms with Crippen LogP contribution in [0, 0.1) is 10.1 Å². The number of nitrogens with zero attached hydrogens (tertiary/aromatic N) is 1. The Morgan fingerprint density at radius 2 is 1.32 bits per heavy atom. The van der Waals surface area contributed by atoms with Crippen LogP contribution in [0.5, 0.6) is 5.75 Å². The first-order valence-corrected chi connectivity index (χ1v) is 7.00. The smallest absolute Gasteiger partial charge is 0.308 e. The van der Waals surface area contributed by atoms with Crippen LogP contribution < -0.4 is 15.6 Å². The minimum Gasteiger partial charge on any atom is -0.427 e. The number of non-ortho nitro benzene ring substituents is 1. The normalized spacial score (nSPS) is 9.80. The molecule has 128 valence electrons. The molecule has 0 atom stereocenters. The molecule has 0 unspecified atom stereocenters. The van der Waals surface area contributed by atoms with E-state index >= 15 is 0 Å². The van der Waals surface area contributed by atoms with Crippen molar-refractivity contribution in [3.63, 3.8) is 0 Å². The van der Waals surface area contributed by atoms with Gasteiger partial charge in [-0.3, -0.25) is 35.3 Å². The predicted molar refractivity (Wildman–Crippen MR) is 85.8 cm³/mol. The largest absolute Gasteiger partial charge is 0.427 e. The van der Waals surface area contributed by atoms with Crippen LogP contribution in [0.2, 0.25) is 0 Å². The van der Waals surface area contributed by atoms with E-state index in [1.807, 2.05) is 0 Å². The zero-order valence-corrected chi connectivity index (χ0v) is 13.0. The number of esters is 1. The topological polar surface area (TPSA) is 128 Å². The molecule has 0 aliphatic carbocycles. The molecule has 9 nitrogen and oxygen atoms in total. The van der Waals surface area contributed by atoms with Crippen LogP contribution in [0.4, 0.5) is 5.69 Å². The molecule has 0 aromatic heterocycles. The number of rotatable bonds is 4. The molecule has 2 amide bonds. The number of carbonyl (C=O) groups is 3. The number of hydrogen-bond acceptors (Lipinski definition) is 6. The van der Waals surface area contributed by atoms with Crippen LogP contribution in [-0.4, -0.2) is 22.7 Å². The quantitative estimate of drug-likeness (QED) is 0.375. The number of carbonyl (C=O) groups excluding carboxylic acids is 3. The summed E-state index contributed by atoms with van der Waals surface area (Å²) in [5.74, 6) is -1.39. The highest BCUT2D eigenvalue weighted by Crippen LogP contribution is 2.13. The second kappa shape index (κ2) is 7.68. The second-order valence-corrected chi connectivity index (χ2v) is 4.83. The lowest BCUT2D eigenvalue weighted by Gasteiger charge is -2.08.